The molecule has 0 N–H and O–H groups in total. The van der Waals surface area contributed by atoms with Crippen molar-refractivity contribution in [2.45, 2.75) is 329 Å². The van der Waals surface area contributed by atoms with E-state index in [0.29, 0.717) is 49.5 Å². The van der Waals surface area contributed by atoms with Crippen LogP contribution in [0.1, 0.15) is 216 Å². The smallest absolute Gasteiger partial charge is 0.471 e. The lowest BCUT2D eigenvalue weighted by molar-refractivity contribution is -0.336. The SMILES string of the molecule is CC[C@@H](C)[C@@H](O[Si](CC)(CC)CC)[C@@H]1O[C@H]1C[C@H](C)/C=C/C=C(\C)c1cc2c3c(c1)oc1ccc(CC[C@@H](C)CO[C@H]4O[C@@H](C)[C@H](O[C@H]5CC[C@H](O[C@H]6C[C@@H](O[Si](C)(C)C(C)(C)C)[C@H](OC(C)=O)[C@@H](C)O6)[C@H](C)O5)[C@@H](OC(=O)c5ccccc5)[C@H]4OC(=O)c4ccccc4)c(c13)O[Si](C(C)(C)C)(C(C)(C)C)O2. The summed E-state index contributed by atoms with van der Waals surface area (Å²) in [4.78, 5) is 41.2. The van der Waals surface area contributed by atoms with E-state index in [9.17, 15) is 14.4 Å². The van der Waals surface area contributed by atoms with Crippen LogP contribution in [-0.4, -0.2) is 142 Å². The van der Waals surface area contributed by atoms with E-state index < -0.39 is 127 Å². The monoisotopic (exact) mass is 1530 g/mol. The van der Waals surface area contributed by atoms with Crippen LogP contribution in [0.5, 0.6) is 11.5 Å². The Labute approximate surface area is 641 Å². The molecule has 107 heavy (non-hydrogen) atoms. The van der Waals surface area contributed by atoms with Crippen LogP contribution in [-0.2, 0) is 67.4 Å². The number of hydrogen-bond acceptors (Lipinski definition) is 18. The molecule has 5 aliphatic rings. The largest absolute Gasteiger partial charge is 0.511 e. The third-order valence-electron chi connectivity index (χ3n) is 23.6. The average molecular weight is 1530 g/mol. The lowest BCUT2D eigenvalue weighted by Gasteiger charge is -2.48. The van der Waals surface area contributed by atoms with Crippen LogP contribution in [0, 0.1) is 17.8 Å². The standard InChI is InChI=1S/C86H126O18Si3/c1-24-54(7)74(103-106(25-2,26-3)27-4)78-68(97-78)47-52(5)35-34-36-55(8)63-48-66-72-67(49-63)102-107(85(16,17)18,86(19,20)21)104-77-60(43-44-65(95-66)73(72)77)42-41-53(6)51-90-83-80(100-82(89)62-39-32-29-33-40-62)79(99-81(88)61-37-30-28-31-38-61)76(58(11)93-83)98-70-46-45-64(56(9)91-70)96-71-50-69(101-105(22,23)84(13,14)15)75(57(10)92-71)94-59(12)87/h28-40,43-44,48-49,52-54,56-58,64,68-71,74-76,78-80,83H,24-27,41-42,45-47,50-51H2,1-23H3/b35-34+,55-36+/t52-,53-,54-,56+,57-,58+,64+,68+,69-,70+,71+,74-,75-,76+,78-,79-,80-,83+/m1/s1. The van der Waals surface area contributed by atoms with Crippen LogP contribution >= 0.6 is 0 Å². The number of benzene rings is 4. The second-order valence-electron chi connectivity index (χ2n) is 34.8. The summed E-state index contributed by atoms with van der Waals surface area (Å²) in [6.07, 6.45) is 2.22. The predicted octanol–water partition coefficient (Wildman–Crippen LogP) is 20.1. The molecular weight excluding hydrogens is 1410 g/mol. The molecule has 18 atom stereocenters. The molecule has 0 radical (unpaired) electrons. The Bertz CT molecular complexity index is 3840. The highest BCUT2D eigenvalue weighted by atomic mass is 28.4. The first-order valence-electron chi connectivity index (χ1n) is 39.8. The molecule has 4 aromatic carbocycles. The van der Waals surface area contributed by atoms with Gasteiger partial charge in [0.25, 0.3) is 0 Å². The maximum Gasteiger partial charge on any atom is 0.471 e. The van der Waals surface area contributed by atoms with E-state index in [-0.39, 0.29) is 41.4 Å². The second-order valence-corrected chi connectivity index (χ2v) is 48.9. The second kappa shape index (κ2) is 34.6. The molecule has 5 aliphatic heterocycles. The first-order valence-corrected chi connectivity index (χ1v) is 47.0. The number of rotatable bonds is 30. The zero-order valence-electron chi connectivity index (χ0n) is 68.3. The van der Waals surface area contributed by atoms with Gasteiger partial charge < -0.3 is 69.5 Å². The van der Waals surface area contributed by atoms with Gasteiger partial charge in [0.05, 0.1) is 71.2 Å². The number of hydrogen-bond donors (Lipinski definition) is 0. The minimum absolute atomic E-state index is 0.0863. The number of esters is 3. The minimum atomic E-state index is -3.33. The fourth-order valence-corrected chi connectivity index (χ4v) is 24.6. The van der Waals surface area contributed by atoms with Crippen LogP contribution in [0.3, 0.4) is 0 Å². The highest BCUT2D eigenvalue weighted by Crippen LogP contribution is 2.58. The summed E-state index contributed by atoms with van der Waals surface area (Å²) in [5.74, 6) is 0.498. The molecule has 0 unspecified atom stereocenters. The normalized spacial score (nSPS) is 27.6. The summed E-state index contributed by atoms with van der Waals surface area (Å²) in [5, 5.41) is 0.906. The summed E-state index contributed by atoms with van der Waals surface area (Å²) >= 11 is 0. The molecule has 590 valence electrons. The zero-order valence-corrected chi connectivity index (χ0v) is 71.3. The Hall–Kier alpha value is -5.54. The quantitative estimate of drug-likeness (QED) is 0.0138. The molecular formula is C86H126O18Si3. The predicted molar refractivity (Wildman–Crippen MR) is 426 cm³/mol. The van der Waals surface area contributed by atoms with Crippen molar-refractivity contribution >= 4 is 70.6 Å². The molecule has 4 saturated heterocycles. The fraction of sp³-hybridized carbons (Fsp3) is 0.640. The number of allylic oxidation sites excluding steroid dienone is 4. The van der Waals surface area contributed by atoms with Gasteiger partial charge in [-0.05, 0) is 167 Å². The Morgan fingerprint density at radius 1 is 0.645 bits per heavy atom. The summed E-state index contributed by atoms with van der Waals surface area (Å²) in [7, 11) is -7.45. The van der Waals surface area contributed by atoms with Gasteiger partial charge in [-0.2, -0.15) is 0 Å². The first-order chi connectivity index (χ1) is 50.4. The van der Waals surface area contributed by atoms with Crippen molar-refractivity contribution in [1.29, 1.82) is 0 Å². The van der Waals surface area contributed by atoms with E-state index in [0.717, 1.165) is 81.1 Å². The van der Waals surface area contributed by atoms with Crippen molar-refractivity contribution < 1.29 is 83.9 Å². The van der Waals surface area contributed by atoms with E-state index in [1.165, 1.54) is 6.92 Å². The van der Waals surface area contributed by atoms with E-state index in [1.54, 1.807) is 48.5 Å². The van der Waals surface area contributed by atoms with E-state index in [4.69, 9.17) is 69.5 Å². The average Bonchev–Trinajstić information content (AvgIpc) is 1.56. The van der Waals surface area contributed by atoms with Gasteiger partial charge >= 0.3 is 26.5 Å². The molecule has 0 spiro atoms. The van der Waals surface area contributed by atoms with Crippen molar-refractivity contribution in [2.75, 3.05) is 6.61 Å². The number of ether oxygens (including phenoxy) is 10. The summed E-state index contributed by atoms with van der Waals surface area (Å²) in [5.41, 5.74) is 5.15. The summed E-state index contributed by atoms with van der Waals surface area (Å²) < 4.78 is 102. The molecule has 0 aliphatic carbocycles. The Morgan fingerprint density at radius 3 is 1.85 bits per heavy atom. The molecule has 4 fully saturated rings. The number of carbonyl (C=O) groups excluding carboxylic acids is 3. The van der Waals surface area contributed by atoms with Crippen molar-refractivity contribution in [3.63, 3.8) is 0 Å². The van der Waals surface area contributed by atoms with Crippen molar-refractivity contribution in [3.8, 4) is 11.5 Å². The minimum Gasteiger partial charge on any atom is -0.511 e. The first kappa shape index (κ1) is 83.9. The molecule has 1 aromatic heterocycles. The molecule has 0 bridgehead atoms. The maximum absolute atomic E-state index is 14.4. The molecule has 5 aromatic rings. The molecule has 18 nitrogen and oxygen atoms in total. The number of aryl methyl sites for hydroxylation is 1. The fourth-order valence-electron chi connectivity index (χ4n) is 15.8. The lowest BCUT2D eigenvalue weighted by Crippen LogP contribution is -2.62. The van der Waals surface area contributed by atoms with Crippen molar-refractivity contribution in [1.82, 2.24) is 0 Å². The van der Waals surface area contributed by atoms with Gasteiger partial charge in [0.1, 0.15) is 34.9 Å². The van der Waals surface area contributed by atoms with Crippen LogP contribution < -0.4 is 8.85 Å². The third kappa shape index (κ3) is 19.3. The van der Waals surface area contributed by atoms with Gasteiger partial charge in [0.15, 0.2) is 53.8 Å². The van der Waals surface area contributed by atoms with Crippen molar-refractivity contribution in [2.24, 2.45) is 17.8 Å². The summed E-state index contributed by atoms with van der Waals surface area (Å²) in [6, 6.07) is 29.2. The van der Waals surface area contributed by atoms with Gasteiger partial charge in [0.2, 0.25) is 0 Å². The number of carbonyl (C=O) groups is 3. The van der Waals surface area contributed by atoms with Gasteiger partial charge in [-0.1, -0.05) is 178 Å². The topological polar surface area (TPSA) is 197 Å². The van der Waals surface area contributed by atoms with Gasteiger partial charge in [-0.25, -0.2) is 9.59 Å². The number of epoxide rings is 1. The molecule has 0 amide bonds. The Morgan fingerprint density at radius 2 is 1.26 bits per heavy atom. The molecule has 10 rings (SSSR count). The highest BCUT2D eigenvalue weighted by Gasteiger charge is 2.64. The molecule has 21 heteroatoms. The summed E-state index contributed by atoms with van der Waals surface area (Å²) in [6.45, 7) is 49.6. The van der Waals surface area contributed by atoms with Crippen LogP contribution in [0.2, 0.25) is 46.3 Å². The van der Waals surface area contributed by atoms with Crippen molar-refractivity contribution in [3.05, 3.63) is 125 Å². The van der Waals surface area contributed by atoms with E-state index >= 15 is 0 Å². The van der Waals surface area contributed by atoms with Gasteiger partial charge in [0, 0.05) is 29.8 Å². The van der Waals surface area contributed by atoms with Gasteiger partial charge in [-0.15, -0.1) is 0 Å². The van der Waals surface area contributed by atoms with Crippen LogP contribution in [0.4, 0.5) is 0 Å². The van der Waals surface area contributed by atoms with Gasteiger partial charge in [-0.3, -0.25) is 4.79 Å². The van der Waals surface area contributed by atoms with Crippen LogP contribution in [0.15, 0.2) is 108 Å². The highest BCUT2D eigenvalue weighted by molar-refractivity contribution is 6.75. The van der Waals surface area contributed by atoms with Crippen LogP contribution in [0.25, 0.3) is 27.5 Å². The lowest BCUT2D eigenvalue weighted by atomic mass is 9.94. The Balaban J connectivity index is 0.866. The third-order valence-corrected chi connectivity index (χ3v) is 37.7. The number of furan rings is 1. The zero-order chi connectivity index (χ0) is 77.9. The molecule has 0 saturated carbocycles. The maximum atomic E-state index is 14.4. The molecule has 6 heterocycles. The van der Waals surface area contributed by atoms with E-state index in [1.807, 2.05) is 32.9 Å². The van der Waals surface area contributed by atoms with E-state index in [2.05, 4.69) is 173 Å². The Kier molecular flexibility index (Phi) is 27.1.